The Bertz CT molecular complexity index is 925. The molecule has 5 heteroatoms. The summed E-state index contributed by atoms with van der Waals surface area (Å²) in [7, 11) is 1.69. The highest BCUT2D eigenvalue weighted by Gasteiger charge is 2.40. The second-order valence-corrected chi connectivity index (χ2v) is 7.84. The second-order valence-electron chi connectivity index (χ2n) is 7.43. The number of carbonyl (C=O) groups excluding carboxylic acids is 1. The number of fused-ring (bicyclic) bond motifs is 3. The van der Waals surface area contributed by atoms with Gasteiger partial charge < -0.3 is 15.4 Å². The Hall–Kier alpha value is -2.46. The minimum Gasteiger partial charge on any atom is -0.497 e. The van der Waals surface area contributed by atoms with Crippen molar-refractivity contribution in [3.63, 3.8) is 0 Å². The van der Waals surface area contributed by atoms with Crippen LogP contribution in [0.2, 0.25) is 5.02 Å². The Morgan fingerprint density at radius 3 is 2.96 bits per heavy atom. The van der Waals surface area contributed by atoms with Gasteiger partial charge in [0.2, 0.25) is 5.91 Å². The van der Waals surface area contributed by atoms with Gasteiger partial charge in [0, 0.05) is 23.6 Å². The molecule has 1 amide bonds. The molecular weight excluding hydrogens is 372 g/mol. The molecule has 1 aliphatic heterocycles. The minimum atomic E-state index is 0.0421. The molecule has 0 aromatic heterocycles. The van der Waals surface area contributed by atoms with Gasteiger partial charge in [-0.25, -0.2) is 0 Å². The molecule has 4 nitrogen and oxygen atoms in total. The van der Waals surface area contributed by atoms with Gasteiger partial charge in [-0.3, -0.25) is 4.79 Å². The summed E-state index contributed by atoms with van der Waals surface area (Å²) in [6, 6.07) is 12.1. The molecule has 146 valence electrons. The van der Waals surface area contributed by atoms with Crippen molar-refractivity contribution in [1.29, 1.82) is 0 Å². The third-order valence-electron chi connectivity index (χ3n) is 5.67. The van der Waals surface area contributed by atoms with Gasteiger partial charge in [0.05, 0.1) is 23.9 Å². The van der Waals surface area contributed by atoms with Crippen LogP contribution in [0.4, 0.5) is 11.4 Å². The zero-order valence-electron chi connectivity index (χ0n) is 16.2. The maximum Gasteiger partial charge on any atom is 0.224 e. The predicted molar refractivity (Wildman–Crippen MR) is 114 cm³/mol. The number of ether oxygens (including phenoxy) is 1. The van der Waals surface area contributed by atoms with E-state index in [1.807, 2.05) is 31.2 Å². The largest absolute Gasteiger partial charge is 0.497 e. The van der Waals surface area contributed by atoms with Crippen LogP contribution < -0.4 is 15.4 Å². The zero-order valence-corrected chi connectivity index (χ0v) is 16.9. The van der Waals surface area contributed by atoms with E-state index in [4.69, 9.17) is 16.3 Å². The minimum absolute atomic E-state index is 0.0421. The van der Waals surface area contributed by atoms with Crippen LogP contribution in [-0.2, 0) is 4.79 Å². The first-order valence-corrected chi connectivity index (χ1v) is 10.2. The van der Waals surface area contributed by atoms with Gasteiger partial charge in [-0.1, -0.05) is 42.8 Å². The number of nitrogens with one attached hydrogen (secondary N) is 2. The lowest BCUT2D eigenvalue weighted by molar-refractivity contribution is -0.116. The molecule has 3 atom stereocenters. The summed E-state index contributed by atoms with van der Waals surface area (Å²) in [5.74, 6) is 1.46. The molecule has 2 aromatic carbocycles. The number of hydrogen-bond acceptors (Lipinski definition) is 3. The normalized spacial score (nSPS) is 22.2. The van der Waals surface area contributed by atoms with Crippen LogP contribution in [0.3, 0.4) is 0 Å². The third-order valence-corrected chi connectivity index (χ3v) is 5.99. The summed E-state index contributed by atoms with van der Waals surface area (Å²) in [5.41, 5.74) is 4.04. The predicted octanol–water partition coefficient (Wildman–Crippen LogP) is 5.91. The highest BCUT2D eigenvalue weighted by Crippen LogP contribution is 2.54. The number of anilines is 2. The first kappa shape index (κ1) is 18.9. The van der Waals surface area contributed by atoms with Crippen LogP contribution in [0, 0.1) is 5.92 Å². The highest BCUT2D eigenvalue weighted by molar-refractivity contribution is 6.33. The lowest BCUT2D eigenvalue weighted by atomic mass is 9.76. The lowest BCUT2D eigenvalue weighted by Crippen LogP contribution is -2.30. The van der Waals surface area contributed by atoms with Crippen molar-refractivity contribution in [1.82, 2.24) is 0 Å². The van der Waals surface area contributed by atoms with E-state index < -0.39 is 0 Å². The fourth-order valence-corrected chi connectivity index (χ4v) is 4.61. The maximum atomic E-state index is 12.2. The van der Waals surface area contributed by atoms with Crippen molar-refractivity contribution in [2.75, 3.05) is 17.7 Å². The summed E-state index contributed by atoms with van der Waals surface area (Å²) in [6.45, 7) is 2.01. The first-order valence-electron chi connectivity index (χ1n) is 9.81. The van der Waals surface area contributed by atoms with E-state index >= 15 is 0 Å². The topological polar surface area (TPSA) is 50.4 Å². The Morgan fingerprint density at radius 1 is 1.32 bits per heavy atom. The number of halogens is 1. The Kier molecular flexibility index (Phi) is 5.31. The summed E-state index contributed by atoms with van der Waals surface area (Å²) >= 11 is 6.59. The van der Waals surface area contributed by atoms with Crippen molar-refractivity contribution >= 4 is 28.9 Å². The molecule has 0 radical (unpaired) electrons. The van der Waals surface area contributed by atoms with E-state index in [9.17, 15) is 4.79 Å². The number of carbonyl (C=O) groups is 1. The van der Waals surface area contributed by atoms with Crippen LogP contribution >= 0.6 is 11.6 Å². The summed E-state index contributed by atoms with van der Waals surface area (Å²) < 4.78 is 5.42. The average molecular weight is 397 g/mol. The van der Waals surface area contributed by atoms with Gasteiger partial charge in [-0.2, -0.15) is 0 Å². The lowest BCUT2D eigenvalue weighted by Gasteiger charge is -2.39. The molecular formula is C23H25ClN2O2. The van der Waals surface area contributed by atoms with Gasteiger partial charge >= 0.3 is 0 Å². The monoisotopic (exact) mass is 396 g/mol. The van der Waals surface area contributed by atoms with Crippen LogP contribution in [0.5, 0.6) is 5.75 Å². The SMILES string of the molecule is CCCC(=O)Nc1ccc(Cl)c2c1C1C=CCC1C(c1cccc(OC)c1)N2. The molecule has 0 fully saturated rings. The van der Waals surface area contributed by atoms with Crippen LogP contribution in [-0.4, -0.2) is 13.0 Å². The van der Waals surface area contributed by atoms with E-state index in [2.05, 4.69) is 34.9 Å². The van der Waals surface area contributed by atoms with Crippen molar-refractivity contribution < 1.29 is 9.53 Å². The molecule has 28 heavy (non-hydrogen) atoms. The zero-order chi connectivity index (χ0) is 19.7. The van der Waals surface area contributed by atoms with E-state index in [0.29, 0.717) is 17.4 Å². The average Bonchev–Trinajstić information content (AvgIpc) is 3.19. The van der Waals surface area contributed by atoms with Gasteiger partial charge in [0.15, 0.2) is 0 Å². The molecule has 1 aliphatic carbocycles. The van der Waals surface area contributed by atoms with E-state index in [1.54, 1.807) is 7.11 Å². The van der Waals surface area contributed by atoms with Crippen LogP contribution in [0.25, 0.3) is 0 Å². The van der Waals surface area contributed by atoms with Crippen LogP contribution in [0.1, 0.15) is 49.3 Å². The molecule has 2 aliphatic rings. The Morgan fingerprint density at radius 2 is 2.18 bits per heavy atom. The fraction of sp³-hybridized carbons (Fsp3) is 0.348. The molecule has 4 rings (SSSR count). The number of allylic oxidation sites excluding steroid dienone is 2. The molecule has 0 bridgehead atoms. The fourth-order valence-electron chi connectivity index (χ4n) is 4.39. The second kappa shape index (κ2) is 7.88. The molecule has 2 N–H and O–H groups in total. The van der Waals surface area contributed by atoms with Crippen molar-refractivity contribution in [3.8, 4) is 5.75 Å². The maximum absolute atomic E-state index is 12.2. The smallest absolute Gasteiger partial charge is 0.224 e. The quantitative estimate of drug-likeness (QED) is 0.617. The van der Waals surface area contributed by atoms with E-state index in [-0.39, 0.29) is 17.9 Å². The Labute approximate surface area is 170 Å². The molecule has 1 heterocycles. The van der Waals surface area contributed by atoms with Gasteiger partial charge in [-0.05, 0) is 48.6 Å². The number of benzene rings is 2. The number of methoxy groups -OCH3 is 1. The highest BCUT2D eigenvalue weighted by atomic mass is 35.5. The van der Waals surface area contributed by atoms with E-state index in [1.165, 1.54) is 5.56 Å². The van der Waals surface area contributed by atoms with Crippen molar-refractivity contribution in [3.05, 3.63) is 64.7 Å². The third kappa shape index (κ3) is 3.37. The van der Waals surface area contributed by atoms with Crippen molar-refractivity contribution in [2.24, 2.45) is 5.92 Å². The van der Waals surface area contributed by atoms with Gasteiger partial charge in [0.1, 0.15) is 5.75 Å². The first-order chi connectivity index (χ1) is 13.6. The van der Waals surface area contributed by atoms with Gasteiger partial charge in [-0.15, -0.1) is 0 Å². The summed E-state index contributed by atoms with van der Waals surface area (Å²) in [5, 5.41) is 7.44. The number of amides is 1. The standard InChI is InChI=1S/C23H25ClN2O2/c1-3-6-20(27)25-19-12-11-18(24)23-21(19)16-9-5-10-17(16)22(26-23)14-7-4-8-15(13-14)28-2/h4-5,7-9,11-13,16-17,22,26H,3,6,10H2,1-2H3,(H,25,27). The molecule has 0 spiro atoms. The molecule has 0 saturated carbocycles. The van der Waals surface area contributed by atoms with E-state index in [0.717, 1.165) is 35.5 Å². The van der Waals surface area contributed by atoms with Crippen LogP contribution in [0.15, 0.2) is 48.6 Å². The number of hydrogen-bond donors (Lipinski definition) is 2. The Balaban J connectivity index is 1.76. The summed E-state index contributed by atoms with van der Waals surface area (Å²) in [4.78, 5) is 12.2. The molecule has 3 unspecified atom stereocenters. The van der Waals surface area contributed by atoms with Gasteiger partial charge in [0.25, 0.3) is 0 Å². The number of rotatable bonds is 5. The van der Waals surface area contributed by atoms with Crippen molar-refractivity contribution in [2.45, 2.75) is 38.1 Å². The molecule has 2 aromatic rings. The molecule has 0 saturated heterocycles. The summed E-state index contributed by atoms with van der Waals surface area (Å²) in [6.07, 6.45) is 6.81.